The molecule has 2 aromatic rings. The fourth-order valence-corrected chi connectivity index (χ4v) is 1.93. The average Bonchev–Trinajstić information content (AvgIpc) is 3.07. The normalized spacial score (nSPS) is 18.3. The fraction of sp³-hybridized carbons (Fsp3) is 0.385. The topological polar surface area (TPSA) is 75.4 Å². The molecule has 3 rings (SSSR count). The van der Waals surface area contributed by atoms with Gasteiger partial charge in [0.1, 0.15) is 5.52 Å². The minimum absolute atomic E-state index is 0.322. The number of aliphatic carboxylic acids is 1. The van der Waals surface area contributed by atoms with Gasteiger partial charge in [0.15, 0.2) is 5.58 Å². The minimum atomic E-state index is -5.08. The molecular weight excluding hydrogens is 289 g/mol. The molecule has 0 unspecified atom stereocenters. The Kier molecular flexibility index (Phi) is 4.46. The number of nitrogens with zero attached hydrogens (tertiary/aromatic N) is 1. The Hall–Kier alpha value is -2.09. The highest BCUT2D eigenvalue weighted by molar-refractivity contribution is 5.73. The molecule has 0 bridgehead atoms. The molecule has 1 aromatic carbocycles. The van der Waals surface area contributed by atoms with E-state index in [1.54, 1.807) is 0 Å². The zero-order chi connectivity index (χ0) is 15.5. The number of para-hydroxylation sites is 2. The number of aromatic nitrogens is 1. The third-order valence-corrected chi connectivity index (χ3v) is 2.91. The number of hydrogen-bond donors (Lipinski definition) is 2. The van der Waals surface area contributed by atoms with Crippen LogP contribution in [0.4, 0.5) is 13.2 Å². The molecule has 0 spiro atoms. The first kappa shape index (κ1) is 15.3. The summed E-state index contributed by atoms with van der Waals surface area (Å²) in [5.41, 5.74) is 1.84. The van der Waals surface area contributed by atoms with E-state index >= 15 is 0 Å². The summed E-state index contributed by atoms with van der Waals surface area (Å²) in [5.74, 6) is -1.92. The SMILES string of the molecule is O=C(O)C(F)(F)F.c1ccc2oc([C@H]3CCCN3)nc2c1. The minimum Gasteiger partial charge on any atom is -0.475 e. The summed E-state index contributed by atoms with van der Waals surface area (Å²) in [5, 5.41) is 10.5. The lowest BCUT2D eigenvalue weighted by Crippen LogP contribution is -2.21. The van der Waals surface area contributed by atoms with E-state index in [-0.39, 0.29) is 0 Å². The van der Waals surface area contributed by atoms with Gasteiger partial charge in [-0.15, -0.1) is 0 Å². The lowest BCUT2D eigenvalue weighted by molar-refractivity contribution is -0.192. The molecule has 0 amide bonds. The van der Waals surface area contributed by atoms with E-state index in [0.717, 1.165) is 30.0 Å². The van der Waals surface area contributed by atoms with Gasteiger partial charge in [-0.2, -0.15) is 13.2 Å². The predicted molar refractivity (Wildman–Crippen MR) is 67.7 cm³/mol. The Bertz CT molecular complexity index is 585. The summed E-state index contributed by atoms with van der Waals surface area (Å²) in [4.78, 5) is 13.4. The molecule has 2 N–H and O–H groups in total. The van der Waals surface area contributed by atoms with E-state index < -0.39 is 12.1 Å². The number of alkyl halides is 3. The smallest absolute Gasteiger partial charge is 0.475 e. The van der Waals surface area contributed by atoms with Gasteiger partial charge in [0, 0.05) is 0 Å². The van der Waals surface area contributed by atoms with Crippen LogP contribution in [0, 0.1) is 0 Å². The van der Waals surface area contributed by atoms with Crippen LogP contribution in [-0.2, 0) is 4.79 Å². The zero-order valence-corrected chi connectivity index (χ0v) is 10.9. The molecule has 8 heteroatoms. The monoisotopic (exact) mass is 302 g/mol. The average molecular weight is 302 g/mol. The Balaban J connectivity index is 0.000000199. The summed E-state index contributed by atoms with van der Waals surface area (Å²) < 4.78 is 37.4. The van der Waals surface area contributed by atoms with Crippen LogP contribution >= 0.6 is 0 Å². The highest BCUT2D eigenvalue weighted by Crippen LogP contribution is 2.25. The van der Waals surface area contributed by atoms with E-state index in [2.05, 4.69) is 10.3 Å². The summed E-state index contributed by atoms with van der Waals surface area (Å²) in [6, 6.07) is 8.22. The second-order valence-corrected chi connectivity index (χ2v) is 4.47. The van der Waals surface area contributed by atoms with E-state index in [1.165, 1.54) is 6.42 Å². The molecular formula is C13H13F3N2O3. The van der Waals surface area contributed by atoms with Crippen LogP contribution in [0.2, 0.25) is 0 Å². The van der Waals surface area contributed by atoms with Crippen molar-refractivity contribution in [1.29, 1.82) is 0 Å². The van der Waals surface area contributed by atoms with Crippen LogP contribution in [0.25, 0.3) is 11.1 Å². The summed E-state index contributed by atoms with van der Waals surface area (Å²) in [6.45, 7) is 1.07. The lowest BCUT2D eigenvalue weighted by Gasteiger charge is -2.02. The molecule has 1 saturated heterocycles. The number of carbonyl (C=O) groups is 1. The molecule has 0 aliphatic carbocycles. The van der Waals surface area contributed by atoms with Crippen molar-refractivity contribution in [2.75, 3.05) is 6.54 Å². The molecule has 114 valence electrons. The van der Waals surface area contributed by atoms with Gasteiger partial charge in [-0.25, -0.2) is 9.78 Å². The molecule has 5 nitrogen and oxygen atoms in total. The number of fused-ring (bicyclic) bond motifs is 1. The molecule has 1 atom stereocenters. The van der Waals surface area contributed by atoms with Crippen molar-refractivity contribution in [2.24, 2.45) is 0 Å². The van der Waals surface area contributed by atoms with Gasteiger partial charge in [0.25, 0.3) is 0 Å². The number of hydrogen-bond acceptors (Lipinski definition) is 4. The van der Waals surface area contributed by atoms with Crippen molar-refractivity contribution in [1.82, 2.24) is 10.3 Å². The molecule has 1 aliphatic heterocycles. The van der Waals surface area contributed by atoms with Gasteiger partial charge >= 0.3 is 12.1 Å². The maximum Gasteiger partial charge on any atom is 0.490 e. The number of oxazole rings is 1. The predicted octanol–water partition coefficient (Wildman–Crippen LogP) is 2.89. The van der Waals surface area contributed by atoms with Crippen molar-refractivity contribution in [3.05, 3.63) is 30.2 Å². The third kappa shape index (κ3) is 3.94. The van der Waals surface area contributed by atoms with Gasteiger partial charge in [0.05, 0.1) is 6.04 Å². The first-order chi connectivity index (χ1) is 9.88. The van der Waals surface area contributed by atoms with Crippen molar-refractivity contribution in [3.8, 4) is 0 Å². The molecule has 0 saturated carbocycles. The Morgan fingerprint density at radius 1 is 1.38 bits per heavy atom. The second-order valence-electron chi connectivity index (χ2n) is 4.47. The molecule has 1 fully saturated rings. The molecule has 0 radical (unpaired) electrons. The third-order valence-electron chi connectivity index (χ3n) is 2.91. The second kappa shape index (κ2) is 6.13. The Labute approximate surface area is 117 Å². The lowest BCUT2D eigenvalue weighted by atomic mass is 10.2. The zero-order valence-electron chi connectivity index (χ0n) is 10.9. The quantitative estimate of drug-likeness (QED) is 0.847. The molecule has 2 heterocycles. The van der Waals surface area contributed by atoms with Crippen molar-refractivity contribution >= 4 is 17.1 Å². The number of halogens is 3. The maximum absolute atomic E-state index is 10.6. The van der Waals surface area contributed by atoms with E-state index in [0.29, 0.717) is 6.04 Å². The van der Waals surface area contributed by atoms with Crippen LogP contribution < -0.4 is 5.32 Å². The largest absolute Gasteiger partial charge is 0.490 e. The number of carboxylic acid groups (broad SMARTS) is 1. The van der Waals surface area contributed by atoms with E-state index in [1.807, 2.05) is 24.3 Å². The number of rotatable bonds is 1. The van der Waals surface area contributed by atoms with Gasteiger partial charge in [-0.05, 0) is 31.5 Å². The van der Waals surface area contributed by atoms with Crippen molar-refractivity contribution in [2.45, 2.75) is 25.1 Å². The molecule has 1 aromatic heterocycles. The Morgan fingerprint density at radius 3 is 2.57 bits per heavy atom. The first-order valence-corrected chi connectivity index (χ1v) is 6.27. The van der Waals surface area contributed by atoms with Crippen LogP contribution in [0.3, 0.4) is 0 Å². The number of carboxylic acids is 1. The number of benzene rings is 1. The van der Waals surface area contributed by atoms with Crippen LogP contribution in [0.15, 0.2) is 28.7 Å². The van der Waals surface area contributed by atoms with E-state index in [9.17, 15) is 13.2 Å². The standard InChI is InChI=1S/C11H12N2O.C2HF3O2/c1-2-6-10-8(4-1)13-11(14-10)9-5-3-7-12-9;3-2(4,5)1(6)7/h1-2,4,6,9,12H,3,5,7H2;(H,6,7)/t9-;/m1./s1. The van der Waals surface area contributed by atoms with E-state index in [4.69, 9.17) is 14.3 Å². The summed E-state index contributed by atoms with van der Waals surface area (Å²) >= 11 is 0. The van der Waals surface area contributed by atoms with Gasteiger partial charge < -0.3 is 14.8 Å². The van der Waals surface area contributed by atoms with Crippen LogP contribution in [0.5, 0.6) is 0 Å². The summed E-state index contributed by atoms with van der Waals surface area (Å²) in [7, 11) is 0. The molecule has 21 heavy (non-hydrogen) atoms. The Morgan fingerprint density at radius 2 is 2.05 bits per heavy atom. The van der Waals surface area contributed by atoms with Crippen molar-refractivity contribution < 1.29 is 27.5 Å². The maximum atomic E-state index is 10.6. The first-order valence-electron chi connectivity index (χ1n) is 6.27. The van der Waals surface area contributed by atoms with Crippen LogP contribution in [0.1, 0.15) is 24.8 Å². The fourth-order valence-electron chi connectivity index (χ4n) is 1.93. The summed E-state index contributed by atoms with van der Waals surface area (Å²) in [6.07, 6.45) is -2.74. The highest BCUT2D eigenvalue weighted by Gasteiger charge is 2.38. The van der Waals surface area contributed by atoms with Gasteiger partial charge in [-0.3, -0.25) is 0 Å². The highest BCUT2D eigenvalue weighted by atomic mass is 19.4. The molecule has 1 aliphatic rings. The van der Waals surface area contributed by atoms with Crippen LogP contribution in [-0.4, -0.2) is 28.8 Å². The van der Waals surface area contributed by atoms with Gasteiger partial charge in [0.2, 0.25) is 5.89 Å². The number of nitrogens with one attached hydrogen (secondary N) is 1. The van der Waals surface area contributed by atoms with Crippen molar-refractivity contribution in [3.63, 3.8) is 0 Å². The van der Waals surface area contributed by atoms with Gasteiger partial charge in [-0.1, -0.05) is 12.1 Å².